The molecule has 0 aromatic heterocycles. The van der Waals surface area contributed by atoms with Crippen LogP contribution in [0.25, 0.3) is 0 Å². The van der Waals surface area contributed by atoms with Crippen LogP contribution in [0.3, 0.4) is 0 Å². The number of aliphatic hydroxyl groups is 1. The summed E-state index contributed by atoms with van der Waals surface area (Å²) in [6.45, 7) is 12.3. The SMILES string of the molecule is CC(C)(C)[Si](C)(C)OCC[C@@H]1CC[C@@H](CO)O1. The van der Waals surface area contributed by atoms with Crippen molar-refractivity contribution in [3.05, 3.63) is 0 Å². The summed E-state index contributed by atoms with van der Waals surface area (Å²) in [4.78, 5) is 0. The average Bonchev–Trinajstić information content (AvgIpc) is 2.63. The van der Waals surface area contributed by atoms with Crippen molar-refractivity contribution in [2.45, 2.75) is 70.4 Å². The third kappa shape index (κ3) is 4.36. The summed E-state index contributed by atoms with van der Waals surface area (Å²) in [5.41, 5.74) is 0. The average molecular weight is 260 g/mol. The molecule has 0 aromatic rings. The minimum absolute atomic E-state index is 0.0628. The number of rotatable bonds is 5. The summed E-state index contributed by atoms with van der Waals surface area (Å²) >= 11 is 0. The van der Waals surface area contributed by atoms with Gasteiger partial charge in [0.1, 0.15) is 0 Å². The molecular formula is C13H28O3Si. The Hall–Kier alpha value is 0.0969. The van der Waals surface area contributed by atoms with E-state index < -0.39 is 8.32 Å². The quantitative estimate of drug-likeness (QED) is 0.772. The smallest absolute Gasteiger partial charge is 0.191 e. The van der Waals surface area contributed by atoms with Gasteiger partial charge in [0.05, 0.1) is 18.8 Å². The molecule has 2 atom stereocenters. The summed E-state index contributed by atoms with van der Waals surface area (Å²) in [5.74, 6) is 0. The zero-order valence-corrected chi connectivity index (χ0v) is 13.0. The first kappa shape index (κ1) is 15.2. The lowest BCUT2D eigenvalue weighted by molar-refractivity contribution is 0.00301. The van der Waals surface area contributed by atoms with Crippen LogP contribution in [0.5, 0.6) is 0 Å². The molecule has 17 heavy (non-hydrogen) atoms. The zero-order chi connectivity index (χ0) is 13.1. The van der Waals surface area contributed by atoms with Crippen LogP contribution in [-0.2, 0) is 9.16 Å². The molecule has 1 aliphatic rings. The second-order valence-electron chi connectivity index (χ2n) is 6.54. The lowest BCUT2D eigenvalue weighted by Gasteiger charge is -2.36. The van der Waals surface area contributed by atoms with Gasteiger partial charge in [0, 0.05) is 6.61 Å². The molecule has 0 bridgehead atoms. The van der Waals surface area contributed by atoms with Gasteiger partial charge in [-0.05, 0) is 37.4 Å². The highest BCUT2D eigenvalue weighted by Crippen LogP contribution is 2.36. The molecule has 0 aliphatic carbocycles. The summed E-state index contributed by atoms with van der Waals surface area (Å²) in [7, 11) is -1.61. The maximum Gasteiger partial charge on any atom is 0.191 e. The molecule has 0 unspecified atom stereocenters. The normalized spacial score (nSPS) is 26.5. The van der Waals surface area contributed by atoms with Crippen molar-refractivity contribution in [3.8, 4) is 0 Å². The fourth-order valence-electron chi connectivity index (χ4n) is 1.79. The first-order chi connectivity index (χ1) is 7.76. The molecule has 1 rings (SSSR count). The Labute approximate surface area is 107 Å². The molecule has 0 radical (unpaired) electrons. The second kappa shape index (κ2) is 5.82. The van der Waals surface area contributed by atoms with Crippen LogP contribution in [0.1, 0.15) is 40.0 Å². The summed E-state index contributed by atoms with van der Waals surface area (Å²) in [6.07, 6.45) is 3.36. The fourth-order valence-corrected chi connectivity index (χ4v) is 2.85. The molecule has 4 heteroatoms. The number of ether oxygens (including phenoxy) is 1. The molecule has 0 saturated carbocycles. The van der Waals surface area contributed by atoms with Crippen molar-refractivity contribution in [1.82, 2.24) is 0 Å². The first-order valence-corrected chi connectivity index (χ1v) is 9.57. The van der Waals surface area contributed by atoms with E-state index in [1.54, 1.807) is 0 Å². The van der Waals surface area contributed by atoms with Crippen LogP contribution in [-0.4, -0.2) is 38.8 Å². The highest BCUT2D eigenvalue weighted by Gasteiger charge is 2.37. The minimum atomic E-state index is -1.61. The Bertz CT molecular complexity index is 235. The largest absolute Gasteiger partial charge is 0.417 e. The molecule has 0 amide bonds. The van der Waals surface area contributed by atoms with Crippen LogP contribution in [0.15, 0.2) is 0 Å². The third-order valence-electron chi connectivity index (χ3n) is 4.11. The van der Waals surface area contributed by atoms with Gasteiger partial charge in [-0.1, -0.05) is 20.8 Å². The highest BCUT2D eigenvalue weighted by atomic mass is 28.4. The van der Waals surface area contributed by atoms with Crippen LogP contribution >= 0.6 is 0 Å². The lowest BCUT2D eigenvalue weighted by Crippen LogP contribution is -2.41. The lowest BCUT2D eigenvalue weighted by atomic mass is 10.1. The van der Waals surface area contributed by atoms with Crippen molar-refractivity contribution in [3.63, 3.8) is 0 Å². The van der Waals surface area contributed by atoms with Crippen molar-refractivity contribution in [2.24, 2.45) is 0 Å². The van der Waals surface area contributed by atoms with E-state index >= 15 is 0 Å². The van der Waals surface area contributed by atoms with E-state index in [4.69, 9.17) is 14.3 Å². The summed E-state index contributed by atoms with van der Waals surface area (Å²) in [6, 6.07) is 0. The topological polar surface area (TPSA) is 38.7 Å². The van der Waals surface area contributed by atoms with Gasteiger partial charge in [0.25, 0.3) is 0 Å². The number of hydrogen-bond donors (Lipinski definition) is 1. The highest BCUT2D eigenvalue weighted by molar-refractivity contribution is 6.74. The van der Waals surface area contributed by atoms with Gasteiger partial charge < -0.3 is 14.3 Å². The van der Waals surface area contributed by atoms with Crippen molar-refractivity contribution in [1.29, 1.82) is 0 Å². The molecule has 1 saturated heterocycles. The molecule has 3 nitrogen and oxygen atoms in total. The van der Waals surface area contributed by atoms with E-state index in [0.717, 1.165) is 25.9 Å². The standard InChI is InChI=1S/C13H28O3Si/c1-13(2,3)17(4,5)15-9-8-11-6-7-12(10-14)16-11/h11-12,14H,6-10H2,1-5H3/t11-,12-/m0/s1. The molecule has 1 N–H and O–H groups in total. The van der Waals surface area contributed by atoms with E-state index in [9.17, 15) is 0 Å². The van der Waals surface area contributed by atoms with Crippen LogP contribution in [0.4, 0.5) is 0 Å². The Morgan fingerprint density at radius 2 is 1.82 bits per heavy atom. The number of hydrogen-bond acceptors (Lipinski definition) is 3. The van der Waals surface area contributed by atoms with Gasteiger partial charge in [-0.25, -0.2) is 0 Å². The van der Waals surface area contributed by atoms with Crippen LogP contribution in [0, 0.1) is 0 Å². The molecule has 0 aromatic carbocycles. The van der Waals surface area contributed by atoms with Crippen LogP contribution < -0.4 is 0 Å². The van der Waals surface area contributed by atoms with Gasteiger partial charge in [-0.15, -0.1) is 0 Å². The van der Waals surface area contributed by atoms with E-state index in [2.05, 4.69) is 33.9 Å². The third-order valence-corrected chi connectivity index (χ3v) is 8.65. The van der Waals surface area contributed by atoms with E-state index in [0.29, 0.717) is 0 Å². The monoisotopic (exact) mass is 260 g/mol. The van der Waals surface area contributed by atoms with Gasteiger partial charge in [0.2, 0.25) is 0 Å². The Balaban J connectivity index is 2.25. The molecule has 102 valence electrons. The van der Waals surface area contributed by atoms with E-state index in [1.165, 1.54) is 0 Å². The summed E-state index contributed by atoms with van der Waals surface area (Å²) in [5, 5.41) is 9.27. The predicted octanol–water partition coefficient (Wildman–Crippen LogP) is 2.94. The van der Waals surface area contributed by atoms with Gasteiger partial charge in [-0.3, -0.25) is 0 Å². The second-order valence-corrected chi connectivity index (χ2v) is 11.3. The minimum Gasteiger partial charge on any atom is -0.417 e. The molecule has 1 heterocycles. The molecule has 1 fully saturated rings. The summed E-state index contributed by atoms with van der Waals surface area (Å²) < 4.78 is 11.8. The van der Waals surface area contributed by atoms with Crippen molar-refractivity contribution >= 4 is 8.32 Å². The Kier molecular flexibility index (Phi) is 5.19. The molecule has 1 aliphatic heterocycles. The van der Waals surface area contributed by atoms with Gasteiger partial charge in [-0.2, -0.15) is 0 Å². The molecular weight excluding hydrogens is 232 g/mol. The van der Waals surface area contributed by atoms with E-state index in [-0.39, 0.29) is 23.9 Å². The predicted molar refractivity (Wildman–Crippen MR) is 72.7 cm³/mol. The van der Waals surface area contributed by atoms with Gasteiger partial charge >= 0.3 is 0 Å². The van der Waals surface area contributed by atoms with Gasteiger partial charge in [0.15, 0.2) is 8.32 Å². The maximum absolute atomic E-state index is 9.00. The Morgan fingerprint density at radius 1 is 1.24 bits per heavy atom. The maximum atomic E-state index is 9.00. The fraction of sp³-hybridized carbons (Fsp3) is 1.00. The number of aliphatic hydroxyl groups excluding tert-OH is 1. The zero-order valence-electron chi connectivity index (χ0n) is 12.0. The molecule has 0 spiro atoms. The first-order valence-electron chi connectivity index (χ1n) is 6.66. The van der Waals surface area contributed by atoms with Crippen molar-refractivity contribution < 1.29 is 14.3 Å². The van der Waals surface area contributed by atoms with Crippen LogP contribution in [0.2, 0.25) is 18.1 Å². The van der Waals surface area contributed by atoms with Crippen molar-refractivity contribution in [2.75, 3.05) is 13.2 Å². The van der Waals surface area contributed by atoms with E-state index in [1.807, 2.05) is 0 Å². The Morgan fingerprint density at radius 3 is 2.29 bits per heavy atom.